The zero-order valence-corrected chi connectivity index (χ0v) is 18.8. The maximum atomic E-state index is 13.5. The van der Waals surface area contributed by atoms with Crippen molar-refractivity contribution >= 4 is 42.5 Å². The summed E-state index contributed by atoms with van der Waals surface area (Å²) in [5.41, 5.74) is 1.63. The van der Waals surface area contributed by atoms with Crippen LogP contribution in [0.5, 0.6) is 5.75 Å². The lowest BCUT2D eigenvalue weighted by molar-refractivity contribution is -0.384. The number of nitrogens with zero attached hydrogens (tertiary/aromatic N) is 3. The van der Waals surface area contributed by atoms with Crippen LogP contribution in [0.1, 0.15) is 20.7 Å². The Morgan fingerprint density at radius 2 is 1.53 bits per heavy atom. The van der Waals surface area contributed by atoms with Crippen molar-refractivity contribution in [1.82, 2.24) is 4.90 Å². The Morgan fingerprint density at radius 1 is 0.944 bits per heavy atom. The standard InChI is InChI=1S/C23H16FN3O5.2CH2O/c24-14-5-7-15(8-6-14)25-12-17(32-21-10-9-16(27(30)31)11-20(21)25)13-26-22(28)18-3-1-2-4-19(18)23(26)29;2*1-2/h1-11,17H,12-13H2;2*1H2. The van der Waals surface area contributed by atoms with Gasteiger partial charge in [0, 0.05) is 17.8 Å². The molecule has 0 aliphatic carbocycles. The highest BCUT2D eigenvalue weighted by Crippen LogP contribution is 2.41. The molecular weight excluding hydrogens is 473 g/mol. The van der Waals surface area contributed by atoms with E-state index >= 15 is 0 Å². The van der Waals surface area contributed by atoms with Crippen LogP contribution in [0.4, 0.5) is 21.5 Å². The summed E-state index contributed by atoms with van der Waals surface area (Å²) >= 11 is 0. The SMILES string of the molecule is C=O.C=O.O=C1c2ccccc2C(=O)N1CC1CN(c2ccc(F)cc2)c2cc([N+](=O)[O-])ccc2O1. The molecule has 0 spiro atoms. The van der Waals surface area contributed by atoms with Crippen LogP contribution in [-0.4, -0.2) is 54.4 Å². The summed E-state index contributed by atoms with van der Waals surface area (Å²) < 4.78 is 19.5. The molecule has 5 rings (SSSR count). The summed E-state index contributed by atoms with van der Waals surface area (Å²) in [4.78, 5) is 55.2. The molecule has 1 atom stereocenters. The number of carbonyl (C=O) groups excluding carboxylic acids is 4. The Hall–Kier alpha value is -4.93. The van der Waals surface area contributed by atoms with Crippen LogP contribution < -0.4 is 9.64 Å². The topological polar surface area (TPSA) is 127 Å². The van der Waals surface area contributed by atoms with Crippen LogP contribution in [0.15, 0.2) is 66.7 Å². The molecule has 0 radical (unpaired) electrons. The third kappa shape index (κ3) is 4.80. The summed E-state index contributed by atoms with van der Waals surface area (Å²) in [7, 11) is 0. The van der Waals surface area contributed by atoms with E-state index in [9.17, 15) is 24.1 Å². The molecule has 184 valence electrons. The molecule has 0 fully saturated rings. The van der Waals surface area contributed by atoms with Crippen LogP contribution in [0.25, 0.3) is 0 Å². The third-order valence-corrected chi connectivity index (χ3v) is 5.53. The average Bonchev–Trinajstić information content (AvgIpc) is 3.15. The van der Waals surface area contributed by atoms with E-state index in [0.29, 0.717) is 28.3 Å². The number of nitro benzene ring substituents is 1. The number of benzene rings is 3. The first kappa shape index (κ1) is 25.7. The summed E-state index contributed by atoms with van der Waals surface area (Å²) in [5.74, 6) is -0.828. The Labute approximate surface area is 204 Å². The van der Waals surface area contributed by atoms with Gasteiger partial charge in [0.2, 0.25) is 0 Å². The number of nitro groups is 1. The van der Waals surface area contributed by atoms with Crippen molar-refractivity contribution in [2.24, 2.45) is 0 Å². The van der Waals surface area contributed by atoms with Crippen LogP contribution in [0.3, 0.4) is 0 Å². The molecule has 0 saturated heterocycles. The number of imide groups is 1. The molecule has 3 aromatic rings. The van der Waals surface area contributed by atoms with Crippen molar-refractivity contribution < 1.29 is 33.2 Å². The molecule has 2 amide bonds. The predicted molar refractivity (Wildman–Crippen MR) is 127 cm³/mol. The Bertz CT molecular complexity index is 1260. The van der Waals surface area contributed by atoms with Gasteiger partial charge in [0.05, 0.1) is 34.8 Å². The molecule has 2 aliphatic rings. The number of ether oxygens (including phenoxy) is 1. The van der Waals surface area contributed by atoms with Gasteiger partial charge in [-0.15, -0.1) is 0 Å². The van der Waals surface area contributed by atoms with Gasteiger partial charge < -0.3 is 19.2 Å². The number of hydrogen-bond donors (Lipinski definition) is 0. The van der Waals surface area contributed by atoms with Crippen LogP contribution >= 0.6 is 0 Å². The van der Waals surface area contributed by atoms with Crippen molar-refractivity contribution in [3.05, 3.63) is 93.8 Å². The number of hydrogen-bond acceptors (Lipinski definition) is 8. The molecule has 1 unspecified atom stereocenters. The van der Waals surface area contributed by atoms with Gasteiger partial charge in [0.1, 0.15) is 31.2 Å². The zero-order valence-electron chi connectivity index (χ0n) is 18.8. The van der Waals surface area contributed by atoms with Gasteiger partial charge in [0.15, 0.2) is 0 Å². The van der Waals surface area contributed by atoms with Crippen LogP contribution in [-0.2, 0) is 9.59 Å². The third-order valence-electron chi connectivity index (χ3n) is 5.53. The average molecular weight is 493 g/mol. The second-order valence-corrected chi connectivity index (χ2v) is 7.50. The monoisotopic (exact) mass is 493 g/mol. The van der Waals surface area contributed by atoms with Crippen molar-refractivity contribution in [1.29, 1.82) is 0 Å². The fraction of sp³-hybridized carbons (Fsp3) is 0.120. The molecule has 0 N–H and O–H groups in total. The summed E-state index contributed by atoms with van der Waals surface area (Å²) in [6, 6.07) is 16.5. The second kappa shape index (κ2) is 11.0. The van der Waals surface area contributed by atoms with Crippen molar-refractivity contribution in [3.63, 3.8) is 0 Å². The normalized spacial score (nSPS) is 15.4. The number of anilines is 2. The minimum absolute atomic E-state index is 0.000465. The highest BCUT2D eigenvalue weighted by Gasteiger charge is 2.39. The number of carbonyl (C=O) groups is 4. The van der Waals surface area contributed by atoms with Gasteiger partial charge in [-0.25, -0.2) is 4.39 Å². The van der Waals surface area contributed by atoms with E-state index in [1.807, 2.05) is 13.6 Å². The van der Waals surface area contributed by atoms with Gasteiger partial charge >= 0.3 is 0 Å². The number of non-ortho nitro benzene ring substituents is 1. The van der Waals surface area contributed by atoms with E-state index in [2.05, 4.69) is 0 Å². The highest BCUT2D eigenvalue weighted by molar-refractivity contribution is 6.21. The van der Waals surface area contributed by atoms with Gasteiger partial charge in [-0.3, -0.25) is 24.6 Å². The van der Waals surface area contributed by atoms with Gasteiger partial charge in [-0.2, -0.15) is 0 Å². The predicted octanol–water partition coefficient (Wildman–Crippen LogP) is 3.56. The molecule has 2 aliphatic heterocycles. The van der Waals surface area contributed by atoms with Crippen molar-refractivity contribution in [2.75, 3.05) is 18.0 Å². The first-order valence-electron chi connectivity index (χ1n) is 10.4. The van der Waals surface area contributed by atoms with Gasteiger partial charge in [-0.05, 0) is 42.5 Å². The quantitative estimate of drug-likeness (QED) is 0.307. The minimum Gasteiger partial charge on any atom is -0.484 e. The fourth-order valence-corrected chi connectivity index (χ4v) is 4.02. The number of rotatable bonds is 4. The molecule has 11 heteroatoms. The van der Waals surface area contributed by atoms with Crippen molar-refractivity contribution in [3.8, 4) is 5.75 Å². The lowest BCUT2D eigenvalue weighted by atomic mass is 10.1. The van der Waals surface area contributed by atoms with E-state index in [1.165, 1.54) is 30.3 Å². The molecule has 3 aromatic carbocycles. The molecule has 36 heavy (non-hydrogen) atoms. The van der Waals surface area contributed by atoms with E-state index in [4.69, 9.17) is 14.3 Å². The van der Waals surface area contributed by atoms with E-state index in [1.54, 1.807) is 41.3 Å². The van der Waals surface area contributed by atoms with E-state index in [0.717, 1.165) is 4.90 Å². The number of amides is 2. The second-order valence-electron chi connectivity index (χ2n) is 7.50. The minimum atomic E-state index is -0.601. The molecular formula is C25H20FN3O7. The Balaban J connectivity index is 0.000000861. The van der Waals surface area contributed by atoms with Gasteiger partial charge in [-0.1, -0.05) is 12.1 Å². The fourth-order valence-electron chi connectivity index (χ4n) is 4.02. The first-order valence-corrected chi connectivity index (χ1v) is 10.4. The van der Waals surface area contributed by atoms with E-state index in [-0.39, 0.29) is 18.8 Å². The Morgan fingerprint density at radius 3 is 2.08 bits per heavy atom. The summed E-state index contributed by atoms with van der Waals surface area (Å²) in [6.45, 7) is 4.20. The van der Waals surface area contributed by atoms with Crippen molar-refractivity contribution in [2.45, 2.75) is 6.10 Å². The number of halogens is 1. The lowest BCUT2D eigenvalue weighted by Gasteiger charge is -2.37. The molecule has 10 nitrogen and oxygen atoms in total. The van der Waals surface area contributed by atoms with Gasteiger partial charge in [0.25, 0.3) is 17.5 Å². The molecule has 0 bridgehead atoms. The Kier molecular flexibility index (Phi) is 7.85. The summed E-state index contributed by atoms with van der Waals surface area (Å²) in [5, 5.41) is 11.3. The smallest absolute Gasteiger partial charge is 0.271 e. The lowest BCUT2D eigenvalue weighted by Crippen LogP contribution is -2.46. The zero-order chi connectivity index (χ0) is 26.4. The molecule has 2 heterocycles. The maximum absolute atomic E-state index is 13.5. The number of fused-ring (bicyclic) bond motifs is 2. The highest BCUT2D eigenvalue weighted by atomic mass is 19.1. The van der Waals surface area contributed by atoms with Crippen LogP contribution in [0.2, 0.25) is 0 Å². The van der Waals surface area contributed by atoms with E-state index < -0.39 is 28.7 Å². The first-order chi connectivity index (χ1) is 17.4. The largest absolute Gasteiger partial charge is 0.484 e. The molecule has 0 saturated carbocycles. The maximum Gasteiger partial charge on any atom is 0.271 e. The van der Waals surface area contributed by atoms with Crippen LogP contribution in [0, 0.1) is 15.9 Å². The molecule has 0 aromatic heterocycles. The summed E-state index contributed by atoms with van der Waals surface area (Å²) in [6.07, 6.45) is -0.601.